The zero-order chi connectivity index (χ0) is 14.2. The molecule has 2 atom stereocenters. The number of hydrogen-bond acceptors (Lipinski definition) is 2. The van der Waals surface area contributed by atoms with Crippen molar-refractivity contribution in [1.82, 2.24) is 4.90 Å². The highest BCUT2D eigenvalue weighted by molar-refractivity contribution is 6.30. The van der Waals surface area contributed by atoms with E-state index in [-0.39, 0.29) is 22.5 Å². The molecule has 0 bridgehead atoms. The Balaban J connectivity index is 2.19. The van der Waals surface area contributed by atoms with Crippen LogP contribution in [0, 0.1) is 17.6 Å². The number of hydrogen-bond donors (Lipinski definition) is 1. The van der Waals surface area contributed by atoms with Crippen LogP contribution in [-0.2, 0) is 0 Å². The number of nitrogens with two attached hydrogens (primary N) is 1. The van der Waals surface area contributed by atoms with Gasteiger partial charge in [-0.25, -0.2) is 8.78 Å². The lowest BCUT2D eigenvalue weighted by Crippen LogP contribution is -2.33. The van der Waals surface area contributed by atoms with Gasteiger partial charge in [-0.3, -0.25) is 4.79 Å². The third-order valence-corrected chi connectivity index (χ3v) is 3.79. The summed E-state index contributed by atoms with van der Waals surface area (Å²) in [5.74, 6) is -1.92. The van der Waals surface area contributed by atoms with Crippen molar-refractivity contribution in [3.05, 3.63) is 34.4 Å². The lowest BCUT2D eigenvalue weighted by Gasteiger charge is -2.18. The highest BCUT2D eigenvalue weighted by Crippen LogP contribution is 2.24. The van der Waals surface area contributed by atoms with E-state index in [9.17, 15) is 13.6 Å². The summed E-state index contributed by atoms with van der Waals surface area (Å²) in [6.07, 6.45) is 0.779. The van der Waals surface area contributed by atoms with Gasteiger partial charge in [-0.05, 0) is 31.4 Å². The lowest BCUT2D eigenvalue weighted by atomic mass is 10.0. The molecule has 1 amide bonds. The summed E-state index contributed by atoms with van der Waals surface area (Å²) < 4.78 is 27.0. The minimum atomic E-state index is -0.805. The second-order valence-corrected chi connectivity index (χ2v) is 5.31. The topological polar surface area (TPSA) is 46.3 Å². The van der Waals surface area contributed by atoms with Crippen LogP contribution in [0.15, 0.2) is 12.1 Å². The molecule has 1 aliphatic rings. The van der Waals surface area contributed by atoms with E-state index >= 15 is 0 Å². The molecular formula is C13H15ClF2N2O. The van der Waals surface area contributed by atoms with E-state index in [1.54, 1.807) is 0 Å². The van der Waals surface area contributed by atoms with Crippen LogP contribution in [0.4, 0.5) is 8.78 Å². The summed E-state index contributed by atoms with van der Waals surface area (Å²) >= 11 is 5.46. The molecular weight excluding hydrogens is 274 g/mol. The average Bonchev–Trinajstić information content (AvgIpc) is 2.82. The summed E-state index contributed by atoms with van der Waals surface area (Å²) in [5, 5.41) is -0.330. The molecule has 19 heavy (non-hydrogen) atoms. The first-order valence-corrected chi connectivity index (χ1v) is 6.47. The molecule has 1 fully saturated rings. The monoisotopic (exact) mass is 288 g/mol. The molecule has 2 rings (SSSR count). The highest BCUT2D eigenvalue weighted by Gasteiger charge is 2.30. The second-order valence-electron chi connectivity index (χ2n) is 4.91. The fraction of sp³-hybridized carbons (Fsp3) is 0.462. The van der Waals surface area contributed by atoms with Gasteiger partial charge in [0.1, 0.15) is 11.6 Å². The number of amides is 1. The van der Waals surface area contributed by atoms with Gasteiger partial charge in [-0.15, -0.1) is 0 Å². The fourth-order valence-corrected chi connectivity index (χ4v) is 2.41. The van der Waals surface area contributed by atoms with E-state index in [0.29, 0.717) is 13.1 Å². The van der Waals surface area contributed by atoms with Gasteiger partial charge in [0, 0.05) is 19.1 Å². The normalized spacial score (nSPS) is 20.7. The van der Waals surface area contributed by atoms with Crippen LogP contribution >= 0.6 is 11.6 Å². The Hall–Kier alpha value is -1.20. The summed E-state index contributed by atoms with van der Waals surface area (Å²) in [6, 6.07) is 1.65. The van der Waals surface area contributed by atoms with Gasteiger partial charge in [0.25, 0.3) is 5.91 Å². The number of halogens is 3. The Morgan fingerprint density at radius 1 is 1.47 bits per heavy atom. The predicted octanol–water partition coefficient (Wildman–Crippen LogP) is 2.43. The van der Waals surface area contributed by atoms with E-state index in [4.69, 9.17) is 17.3 Å². The van der Waals surface area contributed by atoms with Crippen LogP contribution in [0.1, 0.15) is 23.7 Å². The maximum absolute atomic E-state index is 13.7. The van der Waals surface area contributed by atoms with Gasteiger partial charge in [0.15, 0.2) is 0 Å². The molecule has 1 aliphatic heterocycles. The third-order valence-electron chi connectivity index (χ3n) is 3.50. The van der Waals surface area contributed by atoms with E-state index in [1.807, 2.05) is 6.92 Å². The van der Waals surface area contributed by atoms with Crippen LogP contribution in [0.5, 0.6) is 0 Å². The Morgan fingerprint density at radius 3 is 2.74 bits per heavy atom. The summed E-state index contributed by atoms with van der Waals surface area (Å²) in [5.41, 5.74) is 5.50. The summed E-state index contributed by atoms with van der Waals surface area (Å²) in [4.78, 5) is 13.6. The quantitative estimate of drug-likeness (QED) is 0.850. The van der Waals surface area contributed by atoms with Gasteiger partial charge in [-0.1, -0.05) is 11.6 Å². The maximum Gasteiger partial charge on any atom is 0.256 e. The fourth-order valence-electron chi connectivity index (χ4n) is 2.26. The van der Waals surface area contributed by atoms with Crippen LogP contribution in [0.2, 0.25) is 5.02 Å². The van der Waals surface area contributed by atoms with Crippen LogP contribution in [-0.4, -0.2) is 29.9 Å². The SMILES string of the molecule is CC(N)C1CCN(C(=O)c2cc(F)c(Cl)cc2F)C1. The number of benzene rings is 1. The number of carbonyl (C=O) groups excluding carboxylic acids is 1. The second kappa shape index (κ2) is 5.43. The molecule has 2 unspecified atom stereocenters. The standard InChI is InChI=1S/C13H15ClF2N2O/c1-7(17)8-2-3-18(6-8)13(19)9-4-12(16)10(14)5-11(9)15/h4-5,7-8H,2-3,6,17H2,1H3. The van der Waals surface area contributed by atoms with E-state index in [1.165, 1.54) is 4.90 Å². The number of carbonyl (C=O) groups is 1. The van der Waals surface area contributed by atoms with Gasteiger partial charge in [0.2, 0.25) is 0 Å². The molecule has 104 valence electrons. The van der Waals surface area contributed by atoms with Gasteiger partial charge < -0.3 is 10.6 Å². The Bertz CT molecular complexity index is 508. The number of nitrogens with zero attached hydrogens (tertiary/aromatic N) is 1. The first-order chi connectivity index (χ1) is 8.90. The van der Waals surface area contributed by atoms with E-state index < -0.39 is 17.5 Å². The smallest absolute Gasteiger partial charge is 0.256 e. The molecule has 6 heteroatoms. The minimum Gasteiger partial charge on any atom is -0.338 e. The predicted molar refractivity (Wildman–Crippen MR) is 69.0 cm³/mol. The van der Waals surface area contributed by atoms with Gasteiger partial charge in [-0.2, -0.15) is 0 Å². The van der Waals surface area contributed by atoms with Crippen LogP contribution in [0.25, 0.3) is 0 Å². The summed E-state index contributed by atoms with van der Waals surface area (Å²) in [6.45, 7) is 2.86. The van der Waals surface area contributed by atoms with Crippen molar-refractivity contribution >= 4 is 17.5 Å². The first kappa shape index (κ1) is 14.2. The molecule has 1 aromatic carbocycles. The maximum atomic E-state index is 13.7. The average molecular weight is 289 g/mol. The van der Waals surface area contributed by atoms with Crippen molar-refractivity contribution in [2.24, 2.45) is 11.7 Å². The largest absolute Gasteiger partial charge is 0.338 e. The number of likely N-dealkylation sites (tertiary alicyclic amines) is 1. The highest BCUT2D eigenvalue weighted by atomic mass is 35.5. The first-order valence-electron chi connectivity index (χ1n) is 6.09. The Morgan fingerprint density at radius 2 is 2.16 bits per heavy atom. The third kappa shape index (κ3) is 2.87. The Kier molecular flexibility index (Phi) is 4.06. The van der Waals surface area contributed by atoms with Crippen molar-refractivity contribution in [3.63, 3.8) is 0 Å². The molecule has 1 saturated heterocycles. The number of rotatable bonds is 2. The lowest BCUT2D eigenvalue weighted by molar-refractivity contribution is 0.0781. The molecule has 0 saturated carbocycles. The van der Waals surface area contributed by atoms with E-state index in [2.05, 4.69) is 0 Å². The van der Waals surface area contributed by atoms with Crippen LogP contribution < -0.4 is 5.73 Å². The Labute approximate surface area is 115 Å². The van der Waals surface area contributed by atoms with Crippen molar-refractivity contribution in [3.8, 4) is 0 Å². The molecule has 0 radical (unpaired) electrons. The van der Waals surface area contributed by atoms with Crippen molar-refractivity contribution in [2.75, 3.05) is 13.1 Å². The zero-order valence-corrected chi connectivity index (χ0v) is 11.3. The molecule has 0 aromatic heterocycles. The van der Waals surface area contributed by atoms with E-state index in [0.717, 1.165) is 18.6 Å². The molecule has 1 heterocycles. The summed E-state index contributed by atoms with van der Waals surface area (Å²) in [7, 11) is 0. The van der Waals surface area contributed by atoms with Crippen molar-refractivity contribution < 1.29 is 13.6 Å². The van der Waals surface area contributed by atoms with Gasteiger partial charge >= 0.3 is 0 Å². The van der Waals surface area contributed by atoms with Crippen molar-refractivity contribution in [1.29, 1.82) is 0 Å². The molecule has 3 nitrogen and oxygen atoms in total. The van der Waals surface area contributed by atoms with Crippen LogP contribution in [0.3, 0.4) is 0 Å². The molecule has 1 aromatic rings. The molecule has 0 aliphatic carbocycles. The molecule has 2 N–H and O–H groups in total. The van der Waals surface area contributed by atoms with Crippen molar-refractivity contribution in [2.45, 2.75) is 19.4 Å². The molecule has 0 spiro atoms. The minimum absolute atomic E-state index is 0.0235. The zero-order valence-electron chi connectivity index (χ0n) is 10.5. The van der Waals surface area contributed by atoms with Gasteiger partial charge in [0.05, 0.1) is 10.6 Å².